The number of benzene rings is 1. The van der Waals surface area contributed by atoms with Gasteiger partial charge in [-0.15, -0.1) is 12.4 Å². The van der Waals surface area contributed by atoms with Gasteiger partial charge in [0, 0.05) is 12.1 Å². The number of aromatic nitrogens is 2. The van der Waals surface area contributed by atoms with Crippen LogP contribution in [0.2, 0.25) is 0 Å². The molecule has 29 heavy (non-hydrogen) atoms. The number of nitrogens with one attached hydrogen (secondary N) is 2. The minimum atomic E-state index is -0.381. The zero-order valence-corrected chi connectivity index (χ0v) is 17.8. The summed E-state index contributed by atoms with van der Waals surface area (Å²) in [7, 11) is 0. The second-order valence-corrected chi connectivity index (χ2v) is 7.11. The molecule has 1 aromatic heterocycles. The molecule has 7 nitrogen and oxygen atoms in total. The summed E-state index contributed by atoms with van der Waals surface area (Å²) in [4.78, 5) is 24.3. The second-order valence-electron chi connectivity index (χ2n) is 7.11. The van der Waals surface area contributed by atoms with Crippen LogP contribution in [0.1, 0.15) is 48.7 Å². The minimum Gasteiger partial charge on any atom is -0.462 e. The summed E-state index contributed by atoms with van der Waals surface area (Å²) in [5.41, 5.74) is 2.65. The largest absolute Gasteiger partial charge is 0.462 e. The Kier molecular flexibility index (Phi) is 8.67. The zero-order chi connectivity index (χ0) is 19.9. The van der Waals surface area contributed by atoms with Crippen LogP contribution in [0, 0.1) is 12.8 Å². The maximum Gasteiger partial charge on any atom is 0.341 e. The van der Waals surface area contributed by atoms with E-state index in [9.17, 15) is 9.59 Å². The summed E-state index contributed by atoms with van der Waals surface area (Å²) >= 11 is 0. The summed E-state index contributed by atoms with van der Waals surface area (Å²) in [5.74, 6) is 0.278. The monoisotopic (exact) mass is 420 g/mol. The first-order chi connectivity index (χ1) is 13.6. The lowest BCUT2D eigenvalue weighted by Crippen LogP contribution is -2.28. The normalized spacial score (nSPS) is 14.1. The SMILES string of the molecule is CCOC(=O)c1cnn(-c2cccc(NC(=O)CCC3CCNCC3)c2)c1C.Cl. The number of hydrogen-bond acceptors (Lipinski definition) is 5. The van der Waals surface area contributed by atoms with E-state index in [2.05, 4.69) is 15.7 Å². The van der Waals surface area contributed by atoms with E-state index < -0.39 is 0 Å². The fourth-order valence-corrected chi connectivity index (χ4v) is 3.52. The third kappa shape index (κ3) is 6.05. The number of piperidine rings is 1. The number of anilines is 1. The van der Waals surface area contributed by atoms with Gasteiger partial charge in [-0.25, -0.2) is 9.48 Å². The van der Waals surface area contributed by atoms with E-state index in [0.717, 1.165) is 43.7 Å². The molecule has 2 aromatic rings. The van der Waals surface area contributed by atoms with Crippen LogP contribution < -0.4 is 10.6 Å². The van der Waals surface area contributed by atoms with Gasteiger partial charge in [-0.1, -0.05) is 6.07 Å². The Bertz CT molecular complexity index is 831. The number of amides is 1. The van der Waals surface area contributed by atoms with Crippen molar-refractivity contribution in [2.24, 2.45) is 5.92 Å². The molecular formula is C21H29ClN4O3. The molecular weight excluding hydrogens is 392 g/mol. The summed E-state index contributed by atoms with van der Waals surface area (Å²) in [6.45, 7) is 6.01. The van der Waals surface area contributed by atoms with Gasteiger partial charge in [0.25, 0.3) is 0 Å². The number of rotatable bonds is 7. The molecule has 8 heteroatoms. The first-order valence-corrected chi connectivity index (χ1v) is 9.91. The van der Waals surface area contributed by atoms with Gasteiger partial charge in [0.05, 0.1) is 24.2 Å². The average molecular weight is 421 g/mol. The molecule has 1 aliphatic heterocycles. The van der Waals surface area contributed by atoms with Gasteiger partial charge in [0.1, 0.15) is 5.56 Å². The number of hydrogen-bond donors (Lipinski definition) is 2. The highest BCUT2D eigenvalue weighted by Crippen LogP contribution is 2.20. The second kappa shape index (κ2) is 11.0. The molecule has 2 heterocycles. The molecule has 0 spiro atoms. The smallest absolute Gasteiger partial charge is 0.341 e. The van der Waals surface area contributed by atoms with Gasteiger partial charge in [-0.05, 0) is 70.3 Å². The highest BCUT2D eigenvalue weighted by molar-refractivity contribution is 5.91. The fraction of sp³-hybridized carbons (Fsp3) is 0.476. The fourth-order valence-electron chi connectivity index (χ4n) is 3.52. The van der Waals surface area contributed by atoms with Crippen molar-refractivity contribution in [3.8, 4) is 5.69 Å². The Labute approximate surface area is 177 Å². The van der Waals surface area contributed by atoms with Crippen molar-refractivity contribution >= 4 is 30.0 Å². The molecule has 3 rings (SSSR count). The van der Waals surface area contributed by atoms with Crippen LogP contribution in [0.3, 0.4) is 0 Å². The minimum absolute atomic E-state index is 0. The standard InChI is InChI=1S/C21H28N4O3.ClH/c1-3-28-21(27)19-14-23-25(15(19)2)18-6-4-5-17(13-18)24-20(26)8-7-16-9-11-22-12-10-16;/h4-6,13-14,16,22H,3,7-12H2,1-2H3,(H,24,26);1H. The summed E-state index contributed by atoms with van der Waals surface area (Å²) in [6.07, 6.45) is 5.25. The van der Waals surface area contributed by atoms with E-state index >= 15 is 0 Å². The lowest BCUT2D eigenvalue weighted by molar-refractivity contribution is -0.116. The predicted octanol–water partition coefficient (Wildman–Crippen LogP) is 3.50. The molecule has 1 saturated heterocycles. The molecule has 158 valence electrons. The molecule has 0 bridgehead atoms. The zero-order valence-electron chi connectivity index (χ0n) is 16.9. The Morgan fingerprint density at radius 2 is 2.07 bits per heavy atom. The van der Waals surface area contributed by atoms with Crippen LogP contribution in [-0.2, 0) is 9.53 Å². The van der Waals surface area contributed by atoms with E-state index in [1.807, 2.05) is 31.2 Å². The predicted molar refractivity (Wildman–Crippen MR) is 115 cm³/mol. The quantitative estimate of drug-likeness (QED) is 0.669. The third-order valence-electron chi connectivity index (χ3n) is 5.12. The Morgan fingerprint density at radius 1 is 1.31 bits per heavy atom. The maximum atomic E-state index is 12.3. The topological polar surface area (TPSA) is 85.2 Å². The maximum absolute atomic E-state index is 12.3. The highest BCUT2D eigenvalue weighted by Gasteiger charge is 2.17. The van der Waals surface area contributed by atoms with Crippen molar-refractivity contribution in [3.63, 3.8) is 0 Å². The molecule has 0 unspecified atom stereocenters. The van der Waals surface area contributed by atoms with Gasteiger partial charge in [0.2, 0.25) is 5.91 Å². The number of carbonyl (C=O) groups is 2. The van der Waals surface area contributed by atoms with Gasteiger partial charge in [-0.2, -0.15) is 5.10 Å². The first-order valence-electron chi connectivity index (χ1n) is 9.91. The number of ether oxygens (including phenoxy) is 1. The van der Waals surface area contributed by atoms with Crippen molar-refractivity contribution in [2.75, 3.05) is 25.0 Å². The lowest BCUT2D eigenvalue weighted by atomic mass is 9.93. The van der Waals surface area contributed by atoms with Crippen molar-refractivity contribution in [1.82, 2.24) is 15.1 Å². The van der Waals surface area contributed by atoms with Crippen molar-refractivity contribution in [1.29, 1.82) is 0 Å². The van der Waals surface area contributed by atoms with Crippen LogP contribution in [0.5, 0.6) is 0 Å². The molecule has 1 aliphatic rings. The Hall–Kier alpha value is -2.38. The van der Waals surface area contributed by atoms with Crippen LogP contribution in [0.4, 0.5) is 5.69 Å². The highest BCUT2D eigenvalue weighted by atomic mass is 35.5. The first kappa shape index (κ1) is 22.9. The van der Waals surface area contributed by atoms with Gasteiger partial charge >= 0.3 is 5.97 Å². The Balaban J connectivity index is 0.00000300. The molecule has 1 amide bonds. The third-order valence-corrected chi connectivity index (χ3v) is 5.12. The van der Waals surface area contributed by atoms with Gasteiger partial charge in [-0.3, -0.25) is 4.79 Å². The summed E-state index contributed by atoms with van der Waals surface area (Å²) in [6, 6.07) is 7.47. The number of halogens is 1. The van der Waals surface area contributed by atoms with Crippen LogP contribution in [0.25, 0.3) is 5.69 Å². The van der Waals surface area contributed by atoms with E-state index in [0.29, 0.717) is 30.2 Å². The molecule has 0 radical (unpaired) electrons. The number of carbonyl (C=O) groups excluding carboxylic acids is 2. The molecule has 1 aromatic carbocycles. The van der Waals surface area contributed by atoms with Crippen molar-refractivity contribution in [3.05, 3.63) is 41.7 Å². The van der Waals surface area contributed by atoms with Crippen LogP contribution in [-0.4, -0.2) is 41.4 Å². The van der Waals surface area contributed by atoms with Crippen LogP contribution >= 0.6 is 12.4 Å². The molecule has 0 aliphatic carbocycles. The average Bonchev–Trinajstić information content (AvgIpc) is 3.09. The summed E-state index contributed by atoms with van der Waals surface area (Å²) < 4.78 is 6.74. The molecule has 2 N–H and O–H groups in total. The molecule has 0 atom stereocenters. The molecule has 1 fully saturated rings. The van der Waals surface area contributed by atoms with Gasteiger partial charge in [0.15, 0.2) is 0 Å². The van der Waals surface area contributed by atoms with E-state index in [4.69, 9.17) is 4.74 Å². The Morgan fingerprint density at radius 3 is 2.79 bits per heavy atom. The van der Waals surface area contributed by atoms with E-state index in [1.54, 1.807) is 11.6 Å². The number of nitrogens with zero attached hydrogens (tertiary/aromatic N) is 2. The van der Waals surface area contributed by atoms with Crippen molar-refractivity contribution in [2.45, 2.75) is 39.5 Å². The lowest BCUT2D eigenvalue weighted by Gasteiger charge is -2.22. The summed E-state index contributed by atoms with van der Waals surface area (Å²) in [5, 5.41) is 10.6. The number of esters is 1. The van der Waals surface area contributed by atoms with Gasteiger partial charge < -0.3 is 15.4 Å². The molecule has 0 saturated carbocycles. The van der Waals surface area contributed by atoms with Crippen LogP contribution in [0.15, 0.2) is 30.5 Å². The van der Waals surface area contributed by atoms with E-state index in [1.165, 1.54) is 6.20 Å². The van der Waals surface area contributed by atoms with Crippen molar-refractivity contribution < 1.29 is 14.3 Å². The van der Waals surface area contributed by atoms with E-state index in [-0.39, 0.29) is 24.3 Å².